The summed E-state index contributed by atoms with van der Waals surface area (Å²) in [5, 5.41) is 0. The Morgan fingerprint density at radius 3 is 2.36 bits per heavy atom. The van der Waals surface area contributed by atoms with Crippen molar-refractivity contribution in [2.45, 2.75) is 38.7 Å². The Morgan fingerprint density at radius 2 is 1.82 bits per heavy atom. The molecule has 0 spiro atoms. The maximum atomic E-state index is 10.8. The van der Waals surface area contributed by atoms with Crippen LogP contribution in [0.5, 0.6) is 11.5 Å². The van der Waals surface area contributed by atoms with Crippen LogP contribution in [-0.2, 0) is 22.4 Å². The molecule has 1 unspecified atom stereocenters. The average molecular weight is 309 g/mol. The zero-order valence-corrected chi connectivity index (χ0v) is 13.3. The van der Waals surface area contributed by atoms with E-state index >= 15 is 0 Å². The Kier molecular flexibility index (Phi) is 7.22. The number of amides is 1. The smallest absolute Gasteiger partial charge is 0.404 e. The van der Waals surface area contributed by atoms with E-state index in [2.05, 4.69) is 0 Å². The van der Waals surface area contributed by atoms with Gasteiger partial charge in [-0.15, -0.1) is 0 Å². The molecule has 0 aliphatic rings. The van der Waals surface area contributed by atoms with Crippen molar-refractivity contribution >= 4 is 12.4 Å². The third-order valence-corrected chi connectivity index (χ3v) is 3.28. The Labute approximate surface area is 130 Å². The van der Waals surface area contributed by atoms with Gasteiger partial charge in [0.25, 0.3) is 0 Å². The monoisotopic (exact) mass is 309 g/mol. The van der Waals surface area contributed by atoms with Crippen LogP contribution in [0, 0.1) is 0 Å². The molecule has 1 aromatic carbocycles. The highest BCUT2D eigenvalue weighted by Crippen LogP contribution is 2.31. The molecule has 1 rings (SSSR count). The lowest BCUT2D eigenvalue weighted by Gasteiger charge is -2.17. The quantitative estimate of drug-likeness (QED) is 0.558. The first-order valence-corrected chi connectivity index (χ1v) is 7.15. The summed E-state index contributed by atoms with van der Waals surface area (Å²) in [5.41, 5.74) is 6.87. The molecule has 1 amide bonds. The van der Waals surface area contributed by atoms with Gasteiger partial charge >= 0.3 is 6.09 Å². The van der Waals surface area contributed by atoms with Crippen LogP contribution in [0.15, 0.2) is 12.1 Å². The number of hydrogen-bond acceptors (Lipinski definition) is 5. The van der Waals surface area contributed by atoms with Gasteiger partial charge in [-0.2, -0.15) is 0 Å². The van der Waals surface area contributed by atoms with Crippen molar-refractivity contribution in [3.8, 4) is 11.5 Å². The zero-order chi connectivity index (χ0) is 16.5. The number of aryl methyl sites for hydroxylation is 1. The fourth-order valence-corrected chi connectivity index (χ4v) is 2.30. The van der Waals surface area contributed by atoms with Crippen molar-refractivity contribution in [2.24, 2.45) is 5.73 Å². The molecular weight excluding hydrogens is 286 g/mol. The molecule has 0 saturated heterocycles. The normalized spacial score (nSPS) is 11.6. The molecule has 1 atom stereocenters. The third-order valence-electron chi connectivity index (χ3n) is 3.28. The Bertz CT molecular complexity index is 516. The van der Waals surface area contributed by atoms with Gasteiger partial charge in [-0.3, -0.25) is 0 Å². The molecule has 0 aliphatic heterocycles. The van der Waals surface area contributed by atoms with E-state index < -0.39 is 6.09 Å². The number of primary amides is 1. The minimum Gasteiger partial charge on any atom is -0.496 e. The number of methoxy groups -OCH3 is 2. The fourth-order valence-electron chi connectivity index (χ4n) is 2.30. The van der Waals surface area contributed by atoms with Crippen molar-refractivity contribution in [3.05, 3.63) is 23.3 Å². The largest absolute Gasteiger partial charge is 0.496 e. The molecule has 122 valence electrons. The summed E-state index contributed by atoms with van der Waals surface area (Å²) in [6.45, 7) is 1.76. The Hall–Kier alpha value is -2.24. The summed E-state index contributed by atoms with van der Waals surface area (Å²) in [5.74, 6) is 1.43. The van der Waals surface area contributed by atoms with Gasteiger partial charge in [-0.25, -0.2) is 4.79 Å². The molecule has 0 bridgehead atoms. The summed E-state index contributed by atoms with van der Waals surface area (Å²) in [4.78, 5) is 21.2. The lowest BCUT2D eigenvalue weighted by atomic mass is 10.0. The van der Waals surface area contributed by atoms with E-state index in [9.17, 15) is 9.59 Å². The fraction of sp³-hybridized carbons (Fsp3) is 0.500. The van der Waals surface area contributed by atoms with Crippen molar-refractivity contribution < 1.29 is 23.8 Å². The maximum absolute atomic E-state index is 10.8. The van der Waals surface area contributed by atoms with Crippen LogP contribution in [0.4, 0.5) is 4.79 Å². The molecule has 0 fully saturated rings. The second-order valence-electron chi connectivity index (χ2n) is 4.99. The number of nitrogens with two attached hydrogens (primary N) is 1. The van der Waals surface area contributed by atoms with Crippen LogP contribution in [-0.4, -0.2) is 32.7 Å². The predicted molar refractivity (Wildman–Crippen MR) is 82.4 cm³/mol. The average Bonchev–Trinajstić information content (AvgIpc) is 2.47. The van der Waals surface area contributed by atoms with Crippen LogP contribution in [0.25, 0.3) is 0 Å². The molecule has 1 aromatic rings. The molecule has 0 heterocycles. The van der Waals surface area contributed by atoms with E-state index in [0.29, 0.717) is 18.6 Å². The molecule has 22 heavy (non-hydrogen) atoms. The van der Waals surface area contributed by atoms with Gasteiger partial charge in [0.1, 0.15) is 23.9 Å². The van der Waals surface area contributed by atoms with Crippen molar-refractivity contribution in [1.82, 2.24) is 0 Å². The van der Waals surface area contributed by atoms with E-state index in [-0.39, 0.29) is 6.10 Å². The van der Waals surface area contributed by atoms with Crippen molar-refractivity contribution in [2.75, 3.05) is 14.2 Å². The molecule has 6 heteroatoms. The van der Waals surface area contributed by atoms with E-state index in [1.54, 1.807) is 21.1 Å². The first kappa shape index (κ1) is 17.8. The van der Waals surface area contributed by atoms with Gasteiger partial charge in [0.05, 0.1) is 14.2 Å². The third kappa shape index (κ3) is 5.27. The second-order valence-corrected chi connectivity index (χ2v) is 4.99. The number of ether oxygens (including phenoxy) is 3. The van der Waals surface area contributed by atoms with Crippen LogP contribution >= 0.6 is 0 Å². The topological polar surface area (TPSA) is 87.8 Å². The highest BCUT2D eigenvalue weighted by Gasteiger charge is 2.15. The van der Waals surface area contributed by atoms with Crippen LogP contribution < -0.4 is 15.2 Å². The summed E-state index contributed by atoms with van der Waals surface area (Å²) >= 11 is 0. The van der Waals surface area contributed by atoms with Gasteiger partial charge in [-0.1, -0.05) is 0 Å². The minimum atomic E-state index is -0.802. The van der Waals surface area contributed by atoms with Crippen molar-refractivity contribution in [1.29, 1.82) is 0 Å². The highest BCUT2D eigenvalue weighted by molar-refractivity contribution is 5.64. The van der Waals surface area contributed by atoms with Gasteiger partial charge < -0.3 is 24.7 Å². The molecule has 0 radical (unpaired) electrons. The molecular formula is C16H23NO5. The Morgan fingerprint density at radius 1 is 1.23 bits per heavy atom. The summed E-state index contributed by atoms with van der Waals surface area (Å²) in [7, 11) is 3.18. The molecule has 6 nitrogen and oxygen atoms in total. The maximum Gasteiger partial charge on any atom is 0.404 e. The van der Waals surface area contributed by atoms with Crippen LogP contribution in [0.2, 0.25) is 0 Å². The van der Waals surface area contributed by atoms with Gasteiger partial charge in [0, 0.05) is 18.4 Å². The van der Waals surface area contributed by atoms with E-state index in [0.717, 1.165) is 36.0 Å². The predicted octanol–water partition coefficient (Wildman–Crippen LogP) is 2.25. The summed E-state index contributed by atoms with van der Waals surface area (Å²) < 4.78 is 15.7. The second kappa shape index (κ2) is 8.92. The zero-order valence-electron chi connectivity index (χ0n) is 13.3. The molecule has 0 aliphatic carbocycles. The highest BCUT2D eigenvalue weighted by atomic mass is 16.6. The molecule has 2 N–H and O–H groups in total. The lowest BCUT2D eigenvalue weighted by Crippen LogP contribution is -2.22. The number of rotatable bonds is 9. The number of hydrogen-bond donors (Lipinski definition) is 1. The van der Waals surface area contributed by atoms with Crippen molar-refractivity contribution in [3.63, 3.8) is 0 Å². The van der Waals surface area contributed by atoms with Gasteiger partial charge in [0.2, 0.25) is 0 Å². The van der Waals surface area contributed by atoms with Gasteiger partial charge in [0.15, 0.2) is 0 Å². The summed E-state index contributed by atoms with van der Waals surface area (Å²) in [6, 6.07) is 3.77. The number of aldehydes is 1. The minimum absolute atomic E-state index is 0.364. The molecule has 0 aromatic heterocycles. The van der Waals surface area contributed by atoms with E-state index in [1.807, 2.05) is 12.1 Å². The van der Waals surface area contributed by atoms with E-state index in [4.69, 9.17) is 19.9 Å². The number of carbonyl (C=O) groups excluding carboxylic acids is 2. The van der Waals surface area contributed by atoms with E-state index in [1.165, 1.54) is 0 Å². The number of benzene rings is 1. The lowest BCUT2D eigenvalue weighted by molar-refractivity contribution is -0.107. The first-order chi connectivity index (χ1) is 10.5. The Balaban J connectivity index is 2.97. The number of carbonyl (C=O) groups is 2. The van der Waals surface area contributed by atoms with Crippen LogP contribution in [0.1, 0.15) is 30.9 Å². The first-order valence-electron chi connectivity index (χ1n) is 7.15. The van der Waals surface area contributed by atoms with Gasteiger partial charge in [-0.05, 0) is 37.5 Å². The SMILES string of the molecule is COc1cc(CC(C)OC(N)=O)c(OC)cc1CCCC=O. The standard InChI is InChI=1S/C16H23NO5/c1-11(22-16(17)19)8-13-10-14(20-2)12(6-4-5-7-18)9-15(13)21-3/h7,9-11H,4-6,8H2,1-3H3,(H2,17,19). The molecule has 0 saturated carbocycles. The summed E-state index contributed by atoms with van der Waals surface area (Å²) in [6.07, 6.45) is 2.20. The number of unbranched alkanes of at least 4 members (excludes halogenated alkanes) is 1. The van der Waals surface area contributed by atoms with Crippen LogP contribution in [0.3, 0.4) is 0 Å².